The second-order valence-electron chi connectivity index (χ2n) is 6.09. The lowest BCUT2D eigenvalue weighted by molar-refractivity contribution is -0.138. The number of fused-ring (bicyclic) bond motifs is 1. The van der Waals surface area contributed by atoms with Gasteiger partial charge < -0.3 is 10.4 Å². The first-order chi connectivity index (χ1) is 10.8. The predicted molar refractivity (Wildman–Crippen MR) is 93.9 cm³/mol. The van der Waals surface area contributed by atoms with Crippen LogP contribution >= 0.6 is 23.2 Å². The standard InChI is InChI=1S/C18H17Cl2NO2/c1-9-3-10(2)5-11(4-9)13-8-16(18(22)23)21-15-7-12(19)6-14(20)17(13)15/h3-7,13,16,21H,8H2,1-2H3,(H,22,23). The number of carbonyl (C=O) groups is 1. The Morgan fingerprint density at radius 3 is 2.39 bits per heavy atom. The Morgan fingerprint density at radius 2 is 1.78 bits per heavy atom. The molecule has 3 nitrogen and oxygen atoms in total. The third-order valence-electron chi connectivity index (χ3n) is 4.19. The van der Waals surface area contributed by atoms with E-state index in [2.05, 4.69) is 23.5 Å². The van der Waals surface area contributed by atoms with Crippen molar-refractivity contribution in [1.82, 2.24) is 0 Å². The first-order valence-corrected chi connectivity index (χ1v) is 8.17. The molecule has 0 aromatic heterocycles. The highest BCUT2D eigenvalue weighted by molar-refractivity contribution is 6.35. The number of hydrogen-bond donors (Lipinski definition) is 2. The van der Waals surface area contributed by atoms with Gasteiger partial charge in [0, 0.05) is 27.2 Å². The van der Waals surface area contributed by atoms with Crippen LogP contribution in [0.15, 0.2) is 30.3 Å². The molecule has 23 heavy (non-hydrogen) atoms. The average molecular weight is 350 g/mol. The van der Waals surface area contributed by atoms with Crippen molar-refractivity contribution in [3.63, 3.8) is 0 Å². The van der Waals surface area contributed by atoms with Crippen molar-refractivity contribution < 1.29 is 9.90 Å². The minimum Gasteiger partial charge on any atom is -0.480 e. The number of carboxylic acids is 1. The van der Waals surface area contributed by atoms with Crippen molar-refractivity contribution in [1.29, 1.82) is 0 Å². The van der Waals surface area contributed by atoms with E-state index in [9.17, 15) is 9.90 Å². The van der Waals surface area contributed by atoms with Crippen LogP contribution in [0.2, 0.25) is 10.0 Å². The van der Waals surface area contributed by atoms with E-state index in [-0.39, 0.29) is 5.92 Å². The zero-order valence-corrected chi connectivity index (χ0v) is 14.4. The number of hydrogen-bond acceptors (Lipinski definition) is 2. The lowest BCUT2D eigenvalue weighted by Gasteiger charge is -2.32. The van der Waals surface area contributed by atoms with Gasteiger partial charge in [0.05, 0.1) is 0 Å². The van der Waals surface area contributed by atoms with Crippen LogP contribution in [0.1, 0.15) is 34.6 Å². The van der Waals surface area contributed by atoms with Crippen molar-refractivity contribution in [2.45, 2.75) is 32.2 Å². The predicted octanol–water partition coefficient (Wildman–Crippen LogP) is 5.01. The number of aliphatic carboxylic acids is 1. The molecule has 2 aromatic carbocycles. The van der Waals surface area contributed by atoms with Crippen LogP contribution in [0.5, 0.6) is 0 Å². The molecule has 1 aliphatic heterocycles. The Labute approximate surface area is 145 Å². The summed E-state index contributed by atoms with van der Waals surface area (Å²) in [5, 5.41) is 13.5. The molecule has 0 spiro atoms. The number of halogens is 2. The fourth-order valence-corrected chi connectivity index (χ4v) is 3.96. The van der Waals surface area contributed by atoms with E-state index in [1.807, 2.05) is 13.8 Å². The van der Waals surface area contributed by atoms with Crippen LogP contribution in [0, 0.1) is 13.8 Å². The molecule has 0 fully saturated rings. The minimum absolute atomic E-state index is 0.0734. The summed E-state index contributed by atoms with van der Waals surface area (Å²) in [6, 6.07) is 9.08. The number of benzene rings is 2. The Balaban J connectivity index is 2.18. The zero-order chi connectivity index (χ0) is 16.7. The molecule has 2 aromatic rings. The van der Waals surface area contributed by atoms with Gasteiger partial charge in [0.25, 0.3) is 0 Å². The van der Waals surface area contributed by atoms with Gasteiger partial charge >= 0.3 is 5.97 Å². The van der Waals surface area contributed by atoms with Crippen LogP contribution in [0.3, 0.4) is 0 Å². The molecular formula is C18H17Cl2NO2. The molecule has 0 saturated heterocycles. The number of carboxylic acid groups (broad SMARTS) is 1. The first kappa shape index (κ1) is 16.2. The molecule has 2 N–H and O–H groups in total. The quantitative estimate of drug-likeness (QED) is 0.800. The van der Waals surface area contributed by atoms with E-state index >= 15 is 0 Å². The summed E-state index contributed by atoms with van der Waals surface area (Å²) in [5.74, 6) is -0.947. The van der Waals surface area contributed by atoms with Crippen molar-refractivity contribution >= 4 is 34.9 Å². The SMILES string of the molecule is Cc1cc(C)cc(C2CC(C(=O)O)Nc3cc(Cl)cc(Cl)c32)c1. The van der Waals surface area contributed by atoms with Gasteiger partial charge in [-0.3, -0.25) is 0 Å². The Hall–Kier alpha value is -1.71. The Kier molecular flexibility index (Phi) is 4.26. The van der Waals surface area contributed by atoms with Crippen molar-refractivity contribution in [2.75, 3.05) is 5.32 Å². The van der Waals surface area contributed by atoms with E-state index in [1.165, 1.54) is 0 Å². The van der Waals surface area contributed by atoms with Gasteiger partial charge in [-0.05, 0) is 38.0 Å². The summed E-state index contributed by atoms with van der Waals surface area (Å²) in [7, 11) is 0. The van der Waals surface area contributed by atoms with E-state index in [0.29, 0.717) is 22.2 Å². The van der Waals surface area contributed by atoms with E-state index in [1.54, 1.807) is 12.1 Å². The van der Waals surface area contributed by atoms with Crippen LogP contribution in [-0.2, 0) is 4.79 Å². The molecule has 120 valence electrons. The maximum atomic E-state index is 11.5. The van der Waals surface area contributed by atoms with Gasteiger partial charge in [0.2, 0.25) is 0 Å². The summed E-state index contributed by atoms with van der Waals surface area (Å²) < 4.78 is 0. The highest BCUT2D eigenvalue weighted by Crippen LogP contribution is 2.44. The van der Waals surface area contributed by atoms with Gasteiger partial charge in [-0.15, -0.1) is 0 Å². The molecule has 3 rings (SSSR count). The van der Waals surface area contributed by atoms with Gasteiger partial charge in [-0.1, -0.05) is 52.5 Å². The van der Waals surface area contributed by atoms with Crippen LogP contribution < -0.4 is 5.32 Å². The first-order valence-electron chi connectivity index (χ1n) is 7.41. The summed E-state index contributed by atoms with van der Waals surface area (Å²) in [6.07, 6.45) is 0.451. The van der Waals surface area contributed by atoms with E-state index in [0.717, 1.165) is 22.3 Å². The molecule has 0 saturated carbocycles. The highest BCUT2D eigenvalue weighted by atomic mass is 35.5. The van der Waals surface area contributed by atoms with Crippen molar-refractivity contribution in [3.8, 4) is 0 Å². The Bertz CT molecular complexity index is 769. The van der Waals surface area contributed by atoms with Crippen molar-refractivity contribution in [3.05, 3.63) is 62.6 Å². The summed E-state index contributed by atoms with van der Waals surface area (Å²) in [4.78, 5) is 11.5. The summed E-state index contributed by atoms with van der Waals surface area (Å²) >= 11 is 12.5. The van der Waals surface area contributed by atoms with Gasteiger partial charge in [0.15, 0.2) is 0 Å². The van der Waals surface area contributed by atoms with Crippen LogP contribution in [0.25, 0.3) is 0 Å². The number of anilines is 1. The third-order valence-corrected chi connectivity index (χ3v) is 4.72. The topological polar surface area (TPSA) is 49.3 Å². The maximum Gasteiger partial charge on any atom is 0.326 e. The summed E-state index contributed by atoms with van der Waals surface area (Å²) in [6.45, 7) is 4.08. The van der Waals surface area contributed by atoms with Crippen LogP contribution in [0.4, 0.5) is 5.69 Å². The fourth-order valence-electron chi connectivity index (χ4n) is 3.33. The van der Waals surface area contributed by atoms with E-state index in [4.69, 9.17) is 23.2 Å². The molecule has 2 unspecified atom stereocenters. The monoisotopic (exact) mass is 349 g/mol. The Morgan fingerprint density at radius 1 is 1.13 bits per heavy atom. The van der Waals surface area contributed by atoms with E-state index < -0.39 is 12.0 Å². The summed E-state index contributed by atoms with van der Waals surface area (Å²) in [5.41, 5.74) is 5.00. The zero-order valence-electron chi connectivity index (χ0n) is 12.9. The molecule has 0 bridgehead atoms. The second kappa shape index (κ2) is 6.06. The van der Waals surface area contributed by atoms with Gasteiger partial charge in [0.1, 0.15) is 6.04 Å². The normalized spacial score (nSPS) is 19.8. The molecule has 0 radical (unpaired) electrons. The molecular weight excluding hydrogens is 333 g/mol. The van der Waals surface area contributed by atoms with Crippen molar-refractivity contribution in [2.24, 2.45) is 0 Å². The highest BCUT2D eigenvalue weighted by Gasteiger charge is 2.33. The molecule has 0 aliphatic carbocycles. The van der Waals surface area contributed by atoms with Crippen LogP contribution in [-0.4, -0.2) is 17.1 Å². The largest absolute Gasteiger partial charge is 0.480 e. The molecule has 0 amide bonds. The van der Waals surface area contributed by atoms with Gasteiger partial charge in [-0.25, -0.2) is 4.79 Å². The smallest absolute Gasteiger partial charge is 0.326 e. The number of aryl methyl sites for hydroxylation is 2. The molecule has 5 heteroatoms. The molecule has 2 atom stereocenters. The second-order valence-corrected chi connectivity index (χ2v) is 6.94. The van der Waals surface area contributed by atoms with Gasteiger partial charge in [-0.2, -0.15) is 0 Å². The maximum absolute atomic E-state index is 11.5. The molecule has 1 heterocycles. The average Bonchev–Trinajstić information content (AvgIpc) is 2.44. The fraction of sp³-hybridized carbons (Fsp3) is 0.278. The lowest BCUT2D eigenvalue weighted by Crippen LogP contribution is -2.35. The molecule has 1 aliphatic rings. The third kappa shape index (κ3) is 3.17. The minimum atomic E-state index is -0.874. The lowest BCUT2D eigenvalue weighted by atomic mass is 9.81. The number of rotatable bonds is 2. The number of nitrogens with one attached hydrogen (secondary N) is 1.